The van der Waals surface area contributed by atoms with Crippen LogP contribution < -0.4 is 10.3 Å². The third-order valence-corrected chi connectivity index (χ3v) is 12.0. The lowest BCUT2D eigenvalue weighted by Gasteiger charge is -2.53. The summed E-state index contributed by atoms with van der Waals surface area (Å²) >= 11 is 0. The molecule has 2 N–H and O–H groups in total. The van der Waals surface area contributed by atoms with E-state index in [-0.39, 0.29) is 18.6 Å². The minimum Gasteiger partial charge on any atom is -0.380 e. The Balaban J connectivity index is 1.29. The molecule has 7 aromatic rings. The minimum absolute atomic E-state index is 0.181. The van der Waals surface area contributed by atoms with Crippen molar-refractivity contribution in [3.05, 3.63) is 240 Å². The molecule has 0 amide bonds. The van der Waals surface area contributed by atoms with Gasteiger partial charge >= 0.3 is 6.85 Å². The van der Waals surface area contributed by atoms with Gasteiger partial charge in [-0.3, -0.25) is 0 Å². The zero-order chi connectivity index (χ0) is 36.3. The molecule has 3 nitrogen and oxygen atoms in total. The lowest BCUT2D eigenvalue weighted by Crippen LogP contribution is -2.59. The normalized spacial score (nSPS) is 17.0. The van der Waals surface area contributed by atoms with Gasteiger partial charge in [0.1, 0.15) is 11.2 Å². The molecule has 2 heterocycles. The van der Waals surface area contributed by atoms with E-state index in [0.717, 1.165) is 55.9 Å². The molecule has 0 aromatic heterocycles. The number of hydrogen-bond donors (Lipinski definition) is 2. The zero-order valence-corrected chi connectivity index (χ0v) is 29.7. The van der Waals surface area contributed by atoms with E-state index in [0.29, 0.717) is 0 Å². The molecule has 2 aliphatic heterocycles. The van der Waals surface area contributed by atoms with Gasteiger partial charge in [-0.15, -0.1) is 0 Å². The van der Waals surface area contributed by atoms with E-state index in [1.54, 1.807) is 0 Å². The first-order chi connectivity index (χ1) is 26.6. The predicted octanol–water partition coefficient (Wildman–Crippen LogP) is 9.88. The van der Waals surface area contributed by atoms with Crippen molar-refractivity contribution in [1.82, 2.24) is 0 Å². The predicted molar refractivity (Wildman–Crippen MR) is 221 cm³/mol. The molecule has 54 heavy (non-hydrogen) atoms. The molecule has 2 unspecified atom stereocenters. The average Bonchev–Trinajstić information content (AvgIpc) is 3.26. The summed E-state index contributed by atoms with van der Waals surface area (Å²) in [6.45, 7) is -0.222. The van der Waals surface area contributed by atoms with Gasteiger partial charge in [0.2, 0.25) is 0 Å². The quantitative estimate of drug-likeness (QED) is 0.135. The van der Waals surface area contributed by atoms with Crippen molar-refractivity contribution in [3.63, 3.8) is 0 Å². The van der Waals surface area contributed by atoms with Gasteiger partial charge in [0.15, 0.2) is 0 Å². The van der Waals surface area contributed by atoms with E-state index in [4.69, 9.17) is 0 Å². The van der Waals surface area contributed by atoms with Crippen LogP contribution in [0.2, 0.25) is 5.82 Å². The Morgan fingerprint density at radius 2 is 0.981 bits per heavy atom. The minimum atomic E-state index is -1.48. The molecule has 0 saturated carbocycles. The first-order valence-electron chi connectivity index (χ1n) is 18.8. The van der Waals surface area contributed by atoms with E-state index in [1.165, 1.54) is 11.0 Å². The largest absolute Gasteiger partial charge is 0.380 e. The maximum Gasteiger partial charge on any atom is 0.302 e. The second-order valence-corrected chi connectivity index (χ2v) is 14.6. The fraction of sp³-hybridized carbons (Fsp3) is 0.0800. The van der Waals surface area contributed by atoms with Gasteiger partial charge in [-0.2, -0.15) is 0 Å². The highest BCUT2D eigenvalue weighted by atomic mass is 16.3. The fourth-order valence-corrected chi connectivity index (χ4v) is 9.65. The highest BCUT2D eigenvalue weighted by molar-refractivity contribution is 6.84. The number of rotatable bonds is 6. The molecule has 10 rings (SSSR count). The van der Waals surface area contributed by atoms with Crippen molar-refractivity contribution >= 4 is 29.3 Å². The number of para-hydroxylation sites is 2. The molecule has 4 heteroatoms. The molecule has 0 spiro atoms. The maximum absolute atomic E-state index is 13.5. The molecule has 0 bridgehead atoms. The van der Waals surface area contributed by atoms with Crippen LogP contribution in [0.15, 0.2) is 206 Å². The number of anilines is 2. The highest BCUT2D eigenvalue weighted by Gasteiger charge is 2.56. The summed E-state index contributed by atoms with van der Waals surface area (Å²) in [5.41, 5.74) is 9.04. The number of aliphatic hydroxyl groups is 2. The number of allylic oxidation sites excluding steroid dienone is 3. The van der Waals surface area contributed by atoms with Crippen molar-refractivity contribution in [1.29, 1.82) is 0 Å². The molecule has 0 radical (unpaired) electrons. The number of fused-ring (bicyclic) bond motifs is 11. The van der Waals surface area contributed by atoms with E-state index in [2.05, 4.69) is 114 Å². The van der Waals surface area contributed by atoms with Gasteiger partial charge in [0, 0.05) is 28.4 Å². The highest BCUT2D eigenvalue weighted by Crippen LogP contribution is 2.60. The van der Waals surface area contributed by atoms with Crippen LogP contribution in [0.3, 0.4) is 0 Å². The zero-order valence-electron chi connectivity index (χ0n) is 29.7. The molecule has 0 fully saturated rings. The first kappa shape index (κ1) is 32.5. The second-order valence-electron chi connectivity index (χ2n) is 14.6. The lowest BCUT2D eigenvalue weighted by molar-refractivity contribution is 0.0375. The van der Waals surface area contributed by atoms with Crippen molar-refractivity contribution in [2.24, 2.45) is 5.92 Å². The van der Waals surface area contributed by atoms with Crippen molar-refractivity contribution < 1.29 is 10.2 Å². The monoisotopic (exact) mass is 695 g/mol. The van der Waals surface area contributed by atoms with Gasteiger partial charge in [-0.05, 0) is 56.3 Å². The summed E-state index contributed by atoms with van der Waals surface area (Å²) in [6, 6.07) is 64.1. The second kappa shape index (κ2) is 12.7. The number of hydrogen-bond acceptors (Lipinski definition) is 3. The average molecular weight is 696 g/mol. The Morgan fingerprint density at radius 1 is 0.481 bits per heavy atom. The van der Waals surface area contributed by atoms with Crippen LogP contribution in [-0.2, 0) is 11.2 Å². The molecular weight excluding hydrogens is 657 g/mol. The molecule has 1 aliphatic carbocycles. The molecule has 3 aliphatic rings. The number of nitrogens with zero attached hydrogens (tertiary/aromatic N) is 1. The van der Waals surface area contributed by atoms with Gasteiger partial charge < -0.3 is 15.0 Å². The van der Waals surface area contributed by atoms with Crippen LogP contribution in [0.25, 0.3) is 16.7 Å². The third-order valence-electron chi connectivity index (χ3n) is 12.0. The molecule has 0 saturated heterocycles. The van der Waals surface area contributed by atoms with E-state index >= 15 is 0 Å². The standard InChI is InChI=1S/C50H38BNO2/c53-49(35-19-5-1-6-20-35,36-21-7-2-8-22-36)43-31-17-29-41-40-28-14-16-34-46(40)52-48-42(39-27-13-15-33-45(39)51(52)47(41)43)30-18-32-44(48)50(54,37-23-9-3-10-24-37)38-25-11-4-12-26-38/h1-34,43,47,53-54H. The Kier molecular flexibility index (Phi) is 7.66. The summed E-state index contributed by atoms with van der Waals surface area (Å²) in [5, 5.41) is 27.0. The van der Waals surface area contributed by atoms with E-state index < -0.39 is 11.2 Å². The lowest BCUT2D eigenvalue weighted by atomic mass is 9.34. The van der Waals surface area contributed by atoms with Crippen molar-refractivity contribution in [3.8, 4) is 11.1 Å². The van der Waals surface area contributed by atoms with Gasteiger partial charge in [-0.25, -0.2) is 0 Å². The Morgan fingerprint density at radius 3 is 1.59 bits per heavy atom. The molecular formula is C50H38BNO2. The van der Waals surface area contributed by atoms with E-state index in [9.17, 15) is 10.2 Å². The molecule has 258 valence electrons. The Bertz CT molecular complexity index is 2470. The Hall–Kier alpha value is -6.20. The molecule has 7 aromatic carbocycles. The summed E-state index contributed by atoms with van der Waals surface area (Å²) in [5.74, 6) is -0.536. The molecule has 2 atom stereocenters. The van der Waals surface area contributed by atoms with Crippen LogP contribution in [0, 0.1) is 5.92 Å². The van der Waals surface area contributed by atoms with E-state index in [1.807, 2.05) is 97.1 Å². The smallest absolute Gasteiger partial charge is 0.302 e. The van der Waals surface area contributed by atoms with Crippen LogP contribution in [0.1, 0.15) is 33.4 Å². The first-order valence-corrected chi connectivity index (χ1v) is 18.8. The SMILES string of the molecule is OC(c1ccccc1)(c1ccccc1)c1cccc2c1N1B(c3ccccc3-2)C2C(=CC=CC2C(O)(c2ccccc2)c2ccccc2)c2ccccc21. The summed E-state index contributed by atoms with van der Waals surface area (Å²) in [7, 11) is 0. The van der Waals surface area contributed by atoms with Gasteiger partial charge in [0.05, 0.1) is 0 Å². The number of benzene rings is 7. The summed E-state index contributed by atoms with van der Waals surface area (Å²) < 4.78 is 0. The van der Waals surface area contributed by atoms with Crippen LogP contribution in [-0.4, -0.2) is 17.1 Å². The van der Waals surface area contributed by atoms with Gasteiger partial charge in [-0.1, -0.05) is 200 Å². The van der Waals surface area contributed by atoms with Crippen molar-refractivity contribution in [2.45, 2.75) is 17.0 Å². The van der Waals surface area contributed by atoms with Crippen LogP contribution in [0.5, 0.6) is 0 Å². The Labute approximate surface area is 316 Å². The summed E-state index contributed by atoms with van der Waals surface area (Å²) in [6.07, 6.45) is 6.61. The topological polar surface area (TPSA) is 43.7 Å². The van der Waals surface area contributed by atoms with Crippen molar-refractivity contribution in [2.75, 3.05) is 4.81 Å². The van der Waals surface area contributed by atoms with Gasteiger partial charge in [0.25, 0.3) is 0 Å². The summed E-state index contributed by atoms with van der Waals surface area (Å²) in [4.78, 5) is 2.49. The third kappa shape index (κ3) is 4.70. The maximum atomic E-state index is 13.5. The van der Waals surface area contributed by atoms with Crippen LogP contribution >= 0.6 is 0 Å². The fourth-order valence-electron chi connectivity index (χ4n) is 9.65. The van der Waals surface area contributed by atoms with Crippen LogP contribution in [0.4, 0.5) is 11.4 Å².